The molecule has 1 heterocycles. The van der Waals surface area contributed by atoms with E-state index in [0.29, 0.717) is 19.4 Å². The first-order chi connectivity index (χ1) is 9.63. The molecule has 5 nitrogen and oxygen atoms in total. The van der Waals surface area contributed by atoms with Gasteiger partial charge in [-0.15, -0.1) is 0 Å². The number of hydrogen-bond acceptors (Lipinski definition) is 3. The van der Waals surface area contributed by atoms with Gasteiger partial charge in [-0.3, -0.25) is 9.59 Å². The number of hydrogen-bond donors (Lipinski definition) is 3. The van der Waals surface area contributed by atoms with E-state index in [1.54, 1.807) is 0 Å². The van der Waals surface area contributed by atoms with Crippen LogP contribution < -0.4 is 10.6 Å². The van der Waals surface area contributed by atoms with Gasteiger partial charge < -0.3 is 15.7 Å². The SMILES string of the molecule is CCCCCCCCCC(=O)NC1CNC(C(=O)O)C1. The molecule has 0 aromatic carbocycles. The third kappa shape index (κ3) is 6.89. The van der Waals surface area contributed by atoms with Crippen molar-refractivity contribution >= 4 is 11.9 Å². The number of nitrogens with one attached hydrogen (secondary N) is 2. The van der Waals surface area contributed by atoms with Crippen LogP contribution in [0.25, 0.3) is 0 Å². The van der Waals surface area contributed by atoms with Crippen LogP contribution in [0, 0.1) is 0 Å². The molecule has 1 rings (SSSR count). The molecule has 2 atom stereocenters. The topological polar surface area (TPSA) is 78.4 Å². The van der Waals surface area contributed by atoms with Crippen LogP contribution in [0.3, 0.4) is 0 Å². The molecular formula is C15H28N2O3. The Bertz CT molecular complexity index is 307. The summed E-state index contributed by atoms with van der Waals surface area (Å²) in [4.78, 5) is 22.5. The van der Waals surface area contributed by atoms with Crippen LogP contribution in [-0.4, -0.2) is 35.6 Å². The summed E-state index contributed by atoms with van der Waals surface area (Å²) < 4.78 is 0. The molecule has 0 spiro atoms. The van der Waals surface area contributed by atoms with Gasteiger partial charge in [-0.1, -0.05) is 45.4 Å². The summed E-state index contributed by atoms with van der Waals surface area (Å²) in [6.45, 7) is 2.76. The van der Waals surface area contributed by atoms with E-state index in [0.717, 1.165) is 12.8 Å². The van der Waals surface area contributed by atoms with Crippen molar-refractivity contribution < 1.29 is 14.7 Å². The molecule has 0 aromatic heterocycles. The second-order valence-electron chi connectivity index (χ2n) is 5.67. The van der Waals surface area contributed by atoms with Gasteiger partial charge in [0.15, 0.2) is 0 Å². The lowest BCUT2D eigenvalue weighted by Crippen LogP contribution is -2.35. The van der Waals surface area contributed by atoms with Crippen molar-refractivity contribution in [1.82, 2.24) is 10.6 Å². The summed E-state index contributed by atoms with van der Waals surface area (Å²) in [5, 5.41) is 14.7. The van der Waals surface area contributed by atoms with Crippen molar-refractivity contribution in [2.24, 2.45) is 0 Å². The Hall–Kier alpha value is -1.10. The van der Waals surface area contributed by atoms with Gasteiger partial charge >= 0.3 is 5.97 Å². The Kier molecular flexibility index (Phi) is 8.26. The summed E-state index contributed by atoms with van der Waals surface area (Å²) in [6, 6.07) is -0.549. The van der Waals surface area contributed by atoms with Crippen molar-refractivity contribution in [2.75, 3.05) is 6.54 Å². The standard InChI is InChI=1S/C15H28N2O3/c1-2-3-4-5-6-7-8-9-14(18)17-12-10-13(15(19)20)16-11-12/h12-13,16H,2-11H2,1H3,(H,17,18)(H,19,20). The highest BCUT2D eigenvalue weighted by molar-refractivity contribution is 5.77. The molecule has 1 amide bonds. The average molecular weight is 284 g/mol. The lowest BCUT2D eigenvalue weighted by molar-refractivity contribution is -0.139. The molecule has 116 valence electrons. The molecule has 0 bridgehead atoms. The van der Waals surface area contributed by atoms with Crippen molar-refractivity contribution in [3.8, 4) is 0 Å². The molecule has 1 saturated heterocycles. The summed E-state index contributed by atoms with van der Waals surface area (Å²) in [7, 11) is 0. The largest absolute Gasteiger partial charge is 0.480 e. The highest BCUT2D eigenvalue weighted by Crippen LogP contribution is 2.10. The van der Waals surface area contributed by atoms with E-state index in [-0.39, 0.29) is 11.9 Å². The number of carboxylic acid groups (broad SMARTS) is 1. The van der Waals surface area contributed by atoms with Gasteiger partial charge in [-0.2, -0.15) is 0 Å². The maximum atomic E-state index is 11.7. The van der Waals surface area contributed by atoms with E-state index in [9.17, 15) is 9.59 Å². The lowest BCUT2D eigenvalue weighted by atomic mass is 10.1. The van der Waals surface area contributed by atoms with Gasteiger partial charge in [0.1, 0.15) is 6.04 Å². The number of amides is 1. The van der Waals surface area contributed by atoms with Crippen molar-refractivity contribution in [2.45, 2.75) is 76.8 Å². The van der Waals surface area contributed by atoms with Crippen LogP contribution in [0.1, 0.15) is 64.7 Å². The zero-order chi connectivity index (χ0) is 14.8. The number of carboxylic acids is 1. The van der Waals surface area contributed by atoms with Gasteiger partial charge in [0, 0.05) is 19.0 Å². The molecular weight excluding hydrogens is 256 g/mol. The maximum absolute atomic E-state index is 11.7. The average Bonchev–Trinajstić information content (AvgIpc) is 2.86. The Balaban J connectivity index is 2.00. The third-order valence-electron chi connectivity index (χ3n) is 3.80. The maximum Gasteiger partial charge on any atom is 0.320 e. The van der Waals surface area contributed by atoms with Crippen LogP contribution in [0.2, 0.25) is 0 Å². The molecule has 1 aliphatic rings. The Morgan fingerprint density at radius 2 is 1.80 bits per heavy atom. The van der Waals surface area contributed by atoms with Crippen LogP contribution in [0.5, 0.6) is 0 Å². The Morgan fingerprint density at radius 3 is 2.40 bits per heavy atom. The summed E-state index contributed by atoms with van der Waals surface area (Å²) >= 11 is 0. The van der Waals surface area contributed by atoms with E-state index in [1.165, 1.54) is 32.1 Å². The monoisotopic (exact) mass is 284 g/mol. The minimum absolute atomic E-state index is 0.0341. The van der Waals surface area contributed by atoms with E-state index < -0.39 is 12.0 Å². The van der Waals surface area contributed by atoms with E-state index in [2.05, 4.69) is 17.6 Å². The van der Waals surface area contributed by atoms with E-state index in [1.807, 2.05) is 0 Å². The second-order valence-corrected chi connectivity index (χ2v) is 5.67. The first kappa shape index (κ1) is 17.0. The summed E-state index contributed by atoms with van der Waals surface area (Å²) in [5.41, 5.74) is 0. The Morgan fingerprint density at radius 1 is 1.15 bits per heavy atom. The molecule has 0 saturated carbocycles. The van der Waals surface area contributed by atoms with E-state index >= 15 is 0 Å². The minimum Gasteiger partial charge on any atom is -0.480 e. The van der Waals surface area contributed by atoms with Crippen molar-refractivity contribution in [1.29, 1.82) is 0 Å². The normalized spacial score (nSPS) is 21.9. The zero-order valence-electron chi connectivity index (χ0n) is 12.5. The quantitative estimate of drug-likeness (QED) is 0.537. The Labute approximate surface area is 121 Å². The molecule has 1 aliphatic heterocycles. The molecule has 0 aromatic rings. The lowest BCUT2D eigenvalue weighted by Gasteiger charge is -2.11. The predicted molar refractivity (Wildman–Crippen MR) is 78.6 cm³/mol. The molecule has 3 N–H and O–H groups in total. The van der Waals surface area contributed by atoms with Gasteiger partial charge in [0.2, 0.25) is 5.91 Å². The molecule has 1 fully saturated rings. The van der Waals surface area contributed by atoms with Crippen LogP contribution in [0.4, 0.5) is 0 Å². The second kappa shape index (κ2) is 9.75. The van der Waals surface area contributed by atoms with Gasteiger partial charge in [-0.05, 0) is 12.8 Å². The smallest absolute Gasteiger partial charge is 0.320 e. The summed E-state index contributed by atoms with van der Waals surface area (Å²) in [6.07, 6.45) is 9.42. The number of aliphatic carboxylic acids is 1. The molecule has 2 unspecified atom stereocenters. The predicted octanol–water partition coefficient (Wildman–Crippen LogP) is 2.06. The number of rotatable bonds is 10. The number of unbranched alkanes of at least 4 members (excludes halogenated alkanes) is 6. The highest BCUT2D eigenvalue weighted by atomic mass is 16.4. The fraction of sp³-hybridized carbons (Fsp3) is 0.867. The number of carbonyl (C=O) groups excluding carboxylic acids is 1. The first-order valence-corrected chi connectivity index (χ1v) is 7.89. The van der Waals surface area contributed by atoms with E-state index in [4.69, 9.17) is 5.11 Å². The van der Waals surface area contributed by atoms with Gasteiger partial charge in [-0.25, -0.2) is 0 Å². The summed E-state index contributed by atoms with van der Waals surface area (Å²) in [5.74, 6) is -0.787. The third-order valence-corrected chi connectivity index (χ3v) is 3.80. The molecule has 5 heteroatoms. The zero-order valence-corrected chi connectivity index (χ0v) is 12.5. The van der Waals surface area contributed by atoms with Crippen LogP contribution >= 0.6 is 0 Å². The van der Waals surface area contributed by atoms with Gasteiger partial charge in [0.25, 0.3) is 0 Å². The van der Waals surface area contributed by atoms with Crippen molar-refractivity contribution in [3.63, 3.8) is 0 Å². The molecule has 0 aliphatic carbocycles. The number of carbonyl (C=O) groups is 2. The fourth-order valence-electron chi connectivity index (χ4n) is 2.58. The fourth-order valence-corrected chi connectivity index (χ4v) is 2.58. The van der Waals surface area contributed by atoms with Gasteiger partial charge in [0.05, 0.1) is 0 Å². The highest BCUT2D eigenvalue weighted by Gasteiger charge is 2.29. The first-order valence-electron chi connectivity index (χ1n) is 7.89. The minimum atomic E-state index is -0.839. The molecule has 20 heavy (non-hydrogen) atoms. The van der Waals surface area contributed by atoms with Crippen LogP contribution in [-0.2, 0) is 9.59 Å². The van der Waals surface area contributed by atoms with Crippen LogP contribution in [0.15, 0.2) is 0 Å². The molecule has 0 radical (unpaired) electrons. The van der Waals surface area contributed by atoms with Crippen molar-refractivity contribution in [3.05, 3.63) is 0 Å².